The van der Waals surface area contributed by atoms with Crippen molar-refractivity contribution in [3.63, 3.8) is 0 Å². The SMILES string of the molecule is CN1CCN(CCCN2CCN(I)CC2)CC1. The Bertz CT molecular complexity index is 189. The highest BCUT2D eigenvalue weighted by Gasteiger charge is 2.16. The zero-order valence-corrected chi connectivity index (χ0v) is 13.1. The predicted octanol–water partition coefficient (Wildman–Crippen LogP) is 0.592. The van der Waals surface area contributed by atoms with Crippen molar-refractivity contribution in [2.45, 2.75) is 6.42 Å². The van der Waals surface area contributed by atoms with E-state index in [1.165, 1.54) is 71.9 Å². The lowest BCUT2D eigenvalue weighted by Gasteiger charge is -2.34. The molecular formula is C12H25IN4. The Morgan fingerprint density at radius 2 is 1.24 bits per heavy atom. The van der Waals surface area contributed by atoms with E-state index in [9.17, 15) is 0 Å². The first-order valence-electron chi connectivity index (χ1n) is 6.78. The minimum Gasteiger partial charge on any atom is -0.304 e. The molecule has 0 N–H and O–H groups in total. The quantitative estimate of drug-likeness (QED) is 0.543. The minimum atomic E-state index is 1.23. The van der Waals surface area contributed by atoms with E-state index in [1.54, 1.807) is 0 Å². The normalized spacial score (nSPS) is 26.5. The second-order valence-corrected chi connectivity index (χ2v) is 6.61. The van der Waals surface area contributed by atoms with Gasteiger partial charge in [0.1, 0.15) is 0 Å². The molecule has 0 aromatic heterocycles. The van der Waals surface area contributed by atoms with Crippen LogP contribution in [0.1, 0.15) is 6.42 Å². The summed E-state index contributed by atoms with van der Waals surface area (Å²) in [6, 6.07) is 0. The Labute approximate surface area is 119 Å². The Morgan fingerprint density at radius 1 is 0.765 bits per heavy atom. The van der Waals surface area contributed by atoms with E-state index in [1.807, 2.05) is 0 Å². The number of piperazine rings is 2. The standard InChI is InChI=1S/C12H25IN4/c1-14-5-7-15(8-6-14)3-2-4-16-9-11-17(13)12-10-16/h2-12H2,1H3. The molecule has 0 aliphatic carbocycles. The third-order valence-electron chi connectivity index (χ3n) is 3.86. The van der Waals surface area contributed by atoms with E-state index in [2.05, 4.69) is 47.7 Å². The highest BCUT2D eigenvalue weighted by Crippen LogP contribution is 2.07. The zero-order valence-electron chi connectivity index (χ0n) is 10.9. The second kappa shape index (κ2) is 7.23. The summed E-state index contributed by atoms with van der Waals surface area (Å²) in [7, 11) is 2.22. The molecule has 17 heavy (non-hydrogen) atoms. The fourth-order valence-corrected chi connectivity index (χ4v) is 2.97. The molecule has 100 valence electrons. The van der Waals surface area contributed by atoms with Gasteiger partial charge in [-0.25, -0.2) is 3.11 Å². The number of halogens is 1. The van der Waals surface area contributed by atoms with E-state index >= 15 is 0 Å². The lowest BCUT2D eigenvalue weighted by atomic mass is 10.2. The molecule has 2 rings (SSSR count). The van der Waals surface area contributed by atoms with Crippen LogP contribution in [-0.2, 0) is 0 Å². The summed E-state index contributed by atoms with van der Waals surface area (Å²) in [5.41, 5.74) is 0. The summed E-state index contributed by atoms with van der Waals surface area (Å²) in [6.07, 6.45) is 1.34. The molecule has 5 heteroatoms. The molecule has 2 saturated heterocycles. The monoisotopic (exact) mass is 352 g/mol. The summed E-state index contributed by atoms with van der Waals surface area (Å²) in [5.74, 6) is 0. The number of likely N-dealkylation sites (N-methyl/N-ethyl adjacent to an activating group) is 1. The largest absolute Gasteiger partial charge is 0.304 e. The van der Waals surface area contributed by atoms with Crippen molar-refractivity contribution in [2.24, 2.45) is 0 Å². The van der Waals surface area contributed by atoms with Crippen LogP contribution < -0.4 is 0 Å². The maximum Gasteiger partial charge on any atom is 0.0209 e. The van der Waals surface area contributed by atoms with Crippen molar-refractivity contribution >= 4 is 22.9 Å². The van der Waals surface area contributed by atoms with Gasteiger partial charge in [0.05, 0.1) is 0 Å². The van der Waals surface area contributed by atoms with E-state index in [0.29, 0.717) is 0 Å². The summed E-state index contributed by atoms with van der Waals surface area (Å²) in [4.78, 5) is 7.66. The van der Waals surface area contributed by atoms with Gasteiger partial charge in [-0.15, -0.1) is 0 Å². The van der Waals surface area contributed by atoms with Gasteiger partial charge in [0.15, 0.2) is 0 Å². The number of hydrogen-bond acceptors (Lipinski definition) is 4. The first kappa shape index (κ1) is 14.0. The van der Waals surface area contributed by atoms with Gasteiger partial charge < -0.3 is 14.7 Å². The van der Waals surface area contributed by atoms with Crippen LogP contribution in [0.2, 0.25) is 0 Å². The van der Waals surface area contributed by atoms with Gasteiger partial charge in [0.25, 0.3) is 0 Å². The van der Waals surface area contributed by atoms with Crippen molar-refractivity contribution in [3.05, 3.63) is 0 Å². The molecule has 0 radical (unpaired) electrons. The Hall–Kier alpha value is 0.570. The van der Waals surface area contributed by atoms with E-state index in [-0.39, 0.29) is 0 Å². The summed E-state index contributed by atoms with van der Waals surface area (Å²) in [5, 5.41) is 0. The fraction of sp³-hybridized carbons (Fsp3) is 1.00. The summed E-state index contributed by atoms with van der Waals surface area (Å²) >= 11 is 2.44. The molecular weight excluding hydrogens is 327 g/mol. The first-order valence-corrected chi connectivity index (χ1v) is 7.74. The molecule has 2 heterocycles. The van der Waals surface area contributed by atoms with E-state index in [0.717, 1.165) is 0 Å². The number of hydrogen-bond donors (Lipinski definition) is 0. The van der Waals surface area contributed by atoms with Gasteiger partial charge in [0.2, 0.25) is 0 Å². The molecule has 0 bridgehead atoms. The molecule has 0 aromatic carbocycles. The molecule has 2 fully saturated rings. The van der Waals surface area contributed by atoms with Gasteiger partial charge in [0, 0.05) is 75.2 Å². The van der Waals surface area contributed by atoms with Crippen LogP contribution in [0.25, 0.3) is 0 Å². The average Bonchev–Trinajstić information content (AvgIpc) is 2.34. The van der Waals surface area contributed by atoms with Crippen LogP contribution in [-0.4, -0.2) is 90.3 Å². The molecule has 2 aliphatic rings. The molecule has 0 spiro atoms. The third kappa shape index (κ3) is 4.98. The Morgan fingerprint density at radius 3 is 1.76 bits per heavy atom. The lowest BCUT2D eigenvalue weighted by molar-refractivity contribution is 0.140. The van der Waals surface area contributed by atoms with Crippen LogP contribution in [0, 0.1) is 0 Å². The van der Waals surface area contributed by atoms with Crippen molar-refractivity contribution in [2.75, 3.05) is 72.5 Å². The third-order valence-corrected chi connectivity index (χ3v) is 4.83. The summed E-state index contributed by atoms with van der Waals surface area (Å²) < 4.78 is 2.40. The summed E-state index contributed by atoms with van der Waals surface area (Å²) in [6.45, 7) is 12.6. The van der Waals surface area contributed by atoms with E-state index < -0.39 is 0 Å². The maximum absolute atomic E-state index is 2.62. The highest BCUT2D eigenvalue weighted by atomic mass is 127. The fourth-order valence-electron chi connectivity index (χ4n) is 2.54. The minimum absolute atomic E-state index is 1.23. The molecule has 0 aromatic rings. The topological polar surface area (TPSA) is 13.0 Å². The van der Waals surface area contributed by atoms with Crippen molar-refractivity contribution in [1.29, 1.82) is 0 Å². The molecule has 4 nitrogen and oxygen atoms in total. The van der Waals surface area contributed by atoms with Crippen LogP contribution in [0.3, 0.4) is 0 Å². The molecule has 0 saturated carbocycles. The van der Waals surface area contributed by atoms with E-state index in [4.69, 9.17) is 0 Å². The van der Waals surface area contributed by atoms with Crippen molar-refractivity contribution < 1.29 is 0 Å². The number of nitrogens with zero attached hydrogens (tertiary/aromatic N) is 4. The van der Waals surface area contributed by atoms with Crippen LogP contribution in [0.15, 0.2) is 0 Å². The lowest BCUT2D eigenvalue weighted by Crippen LogP contribution is -2.46. The zero-order chi connectivity index (χ0) is 12.1. The van der Waals surface area contributed by atoms with Gasteiger partial charge in [-0.2, -0.15) is 0 Å². The van der Waals surface area contributed by atoms with Crippen LogP contribution >= 0.6 is 22.9 Å². The van der Waals surface area contributed by atoms with Gasteiger partial charge in [-0.1, -0.05) is 0 Å². The molecule has 0 unspecified atom stereocenters. The van der Waals surface area contributed by atoms with Crippen molar-refractivity contribution in [1.82, 2.24) is 17.8 Å². The Balaban J connectivity index is 1.54. The van der Waals surface area contributed by atoms with Crippen LogP contribution in [0.5, 0.6) is 0 Å². The van der Waals surface area contributed by atoms with Crippen molar-refractivity contribution in [3.8, 4) is 0 Å². The molecule has 2 aliphatic heterocycles. The predicted molar refractivity (Wildman–Crippen MR) is 80.6 cm³/mol. The van der Waals surface area contributed by atoms with Gasteiger partial charge >= 0.3 is 0 Å². The number of rotatable bonds is 4. The van der Waals surface area contributed by atoms with Gasteiger partial charge in [-0.3, -0.25) is 0 Å². The maximum atomic E-state index is 2.62. The Kier molecular flexibility index (Phi) is 5.95. The highest BCUT2D eigenvalue weighted by molar-refractivity contribution is 14.1. The van der Waals surface area contributed by atoms with Gasteiger partial charge in [-0.05, 0) is 26.6 Å². The average molecular weight is 352 g/mol. The second-order valence-electron chi connectivity index (χ2n) is 5.25. The van der Waals surface area contributed by atoms with Crippen LogP contribution in [0.4, 0.5) is 0 Å². The smallest absolute Gasteiger partial charge is 0.0209 e. The molecule has 0 atom stereocenters. The molecule has 0 amide bonds. The first-order chi connectivity index (χ1) is 8.24.